The SMILES string of the molecule is CCCCCCCCCSC(=O)C(C)(C)CCCCCC(CCCCCC(C)(C)C(=O)SCCCCCCCCC)OC(=O)C1CCN(C)CC1. The summed E-state index contributed by atoms with van der Waals surface area (Å²) in [5, 5.41) is 0.685. The summed E-state index contributed by atoms with van der Waals surface area (Å²) in [4.78, 5) is 41.4. The summed E-state index contributed by atoms with van der Waals surface area (Å²) < 4.78 is 6.21. The number of ether oxygens (including phenoxy) is 1. The van der Waals surface area contributed by atoms with Gasteiger partial charge in [-0.2, -0.15) is 0 Å². The number of hydrogen-bond donors (Lipinski definition) is 0. The first-order chi connectivity index (χ1) is 24.4. The van der Waals surface area contributed by atoms with E-state index in [0.29, 0.717) is 10.2 Å². The van der Waals surface area contributed by atoms with Crippen LogP contribution in [0.5, 0.6) is 0 Å². The molecule has 0 aromatic rings. The minimum absolute atomic E-state index is 0.00234. The molecule has 1 fully saturated rings. The lowest BCUT2D eigenvalue weighted by molar-refractivity contribution is -0.156. The van der Waals surface area contributed by atoms with E-state index in [1.165, 1.54) is 77.0 Å². The molecule has 1 aliphatic heterocycles. The summed E-state index contributed by atoms with van der Waals surface area (Å²) in [5.74, 6) is 1.93. The van der Waals surface area contributed by atoms with Gasteiger partial charge in [0.1, 0.15) is 6.10 Å². The monoisotopic (exact) mass is 754 g/mol. The van der Waals surface area contributed by atoms with Gasteiger partial charge >= 0.3 is 5.97 Å². The molecule has 0 atom stereocenters. The highest BCUT2D eigenvalue weighted by Crippen LogP contribution is 2.33. The van der Waals surface area contributed by atoms with Crippen molar-refractivity contribution >= 4 is 39.7 Å². The second kappa shape index (κ2) is 29.8. The number of piperidine rings is 1. The average molecular weight is 754 g/mol. The molecule has 7 heteroatoms. The minimum Gasteiger partial charge on any atom is -0.462 e. The van der Waals surface area contributed by atoms with Crippen molar-refractivity contribution in [3.05, 3.63) is 0 Å². The predicted octanol–water partition coefficient (Wildman–Crippen LogP) is 13.2. The smallest absolute Gasteiger partial charge is 0.309 e. The van der Waals surface area contributed by atoms with E-state index in [9.17, 15) is 14.4 Å². The van der Waals surface area contributed by atoms with Crippen LogP contribution >= 0.6 is 23.5 Å². The third-order valence-corrected chi connectivity index (χ3v) is 13.7. The van der Waals surface area contributed by atoms with Crippen LogP contribution in [0.2, 0.25) is 0 Å². The van der Waals surface area contributed by atoms with E-state index in [2.05, 4.69) is 53.5 Å². The van der Waals surface area contributed by atoms with Gasteiger partial charge in [0.15, 0.2) is 10.2 Å². The highest BCUT2D eigenvalue weighted by Gasteiger charge is 2.29. The van der Waals surface area contributed by atoms with E-state index in [-0.39, 0.29) is 28.8 Å². The van der Waals surface area contributed by atoms with Crippen LogP contribution in [-0.4, -0.2) is 58.8 Å². The number of likely N-dealkylation sites (tertiary alicyclic amines) is 1. The third kappa shape index (κ3) is 24.5. The maximum absolute atomic E-state index is 13.2. The Labute approximate surface area is 325 Å². The molecule has 0 amide bonds. The van der Waals surface area contributed by atoms with Gasteiger partial charge in [0, 0.05) is 22.3 Å². The number of thioether (sulfide) groups is 2. The van der Waals surface area contributed by atoms with Crippen LogP contribution in [0.15, 0.2) is 0 Å². The zero-order valence-electron chi connectivity index (χ0n) is 34.8. The Morgan fingerprint density at radius 1 is 0.588 bits per heavy atom. The fourth-order valence-corrected chi connectivity index (χ4v) is 9.09. The highest BCUT2D eigenvalue weighted by molar-refractivity contribution is 8.14. The number of unbranched alkanes of at least 4 members (excludes halogenated alkanes) is 16. The predicted molar refractivity (Wildman–Crippen MR) is 225 cm³/mol. The third-order valence-electron chi connectivity index (χ3n) is 11.1. The first-order valence-electron chi connectivity index (χ1n) is 21.7. The van der Waals surface area contributed by atoms with Crippen molar-refractivity contribution in [1.29, 1.82) is 0 Å². The molecule has 0 spiro atoms. The van der Waals surface area contributed by atoms with Crippen molar-refractivity contribution in [2.75, 3.05) is 31.6 Å². The number of esters is 1. The van der Waals surface area contributed by atoms with E-state index in [1.54, 1.807) is 23.5 Å². The summed E-state index contributed by atoms with van der Waals surface area (Å²) in [6.07, 6.45) is 29.6. The second-order valence-corrected chi connectivity index (χ2v) is 19.3. The molecule has 1 rings (SSSR count). The molecule has 0 aromatic heterocycles. The lowest BCUT2D eigenvalue weighted by Gasteiger charge is -2.29. The summed E-state index contributed by atoms with van der Waals surface area (Å²) in [5.41, 5.74) is -0.569. The maximum atomic E-state index is 13.2. The molecule has 0 aromatic carbocycles. The van der Waals surface area contributed by atoms with Gasteiger partial charge in [0.05, 0.1) is 5.92 Å². The molecule has 0 unspecified atom stereocenters. The second-order valence-electron chi connectivity index (χ2n) is 17.1. The Morgan fingerprint density at radius 2 is 0.961 bits per heavy atom. The topological polar surface area (TPSA) is 63.7 Å². The van der Waals surface area contributed by atoms with Crippen molar-refractivity contribution in [2.45, 2.75) is 215 Å². The van der Waals surface area contributed by atoms with Gasteiger partial charge in [-0.1, -0.05) is 168 Å². The highest BCUT2D eigenvalue weighted by atomic mass is 32.2. The zero-order valence-corrected chi connectivity index (χ0v) is 36.4. The molecule has 1 aliphatic rings. The summed E-state index contributed by atoms with van der Waals surface area (Å²) in [6, 6.07) is 0. The first-order valence-corrected chi connectivity index (χ1v) is 23.6. The van der Waals surface area contributed by atoms with Crippen LogP contribution in [0.4, 0.5) is 0 Å². The van der Waals surface area contributed by atoms with E-state index < -0.39 is 0 Å². The van der Waals surface area contributed by atoms with Gasteiger partial charge in [0.2, 0.25) is 0 Å². The van der Waals surface area contributed by atoms with Crippen molar-refractivity contribution in [1.82, 2.24) is 4.90 Å². The summed E-state index contributed by atoms with van der Waals surface area (Å²) in [7, 11) is 2.12. The van der Waals surface area contributed by atoms with Crippen molar-refractivity contribution < 1.29 is 19.1 Å². The number of carbonyl (C=O) groups is 3. The normalized spacial score (nSPS) is 14.7. The average Bonchev–Trinajstić information content (AvgIpc) is 3.09. The number of nitrogens with zero attached hydrogens (tertiary/aromatic N) is 1. The molecule has 51 heavy (non-hydrogen) atoms. The number of rotatable bonds is 32. The Hall–Kier alpha value is -0.530. The molecule has 0 N–H and O–H groups in total. The molecule has 1 saturated heterocycles. The van der Waals surface area contributed by atoms with Gasteiger partial charge in [-0.25, -0.2) is 0 Å². The van der Waals surface area contributed by atoms with Crippen molar-refractivity contribution in [3.8, 4) is 0 Å². The molecule has 0 aliphatic carbocycles. The van der Waals surface area contributed by atoms with Crippen LogP contribution in [0, 0.1) is 16.7 Å². The molecule has 0 bridgehead atoms. The molecular weight excluding hydrogens is 671 g/mol. The Morgan fingerprint density at radius 3 is 1.37 bits per heavy atom. The number of carbonyl (C=O) groups excluding carboxylic acids is 3. The van der Waals surface area contributed by atoms with E-state index in [4.69, 9.17) is 4.74 Å². The van der Waals surface area contributed by atoms with Crippen LogP contribution in [0.3, 0.4) is 0 Å². The van der Waals surface area contributed by atoms with E-state index >= 15 is 0 Å². The van der Waals surface area contributed by atoms with Gasteiger partial charge in [-0.15, -0.1) is 0 Å². The summed E-state index contributed by atoms with van der Waals surface area (Å²) >= 11 is 3.09. The van der Waals surface area contributed by atoms with Crippen LogP contribution in [0.1, 0.15) is 208 Å². The van der Waals surface area contributed by atoms with Gasteiger partial charge < -0.3 is 9.64 Å². The van der Waals surface area contributed by atoms with Crippen LogP contribution in [0.25, 0.3) is 0 Å². The lowest BCUT2D eigenvalue weighted by atomic mass is 9.87. The number of hydrogen-bond acceptors (Lipinski definition) is 7. The zero-order chi connectivity index (χ0) is 37.8. The van der Waals surface area contributed by atoms with Gasteiger partial charge in [-0.05, 0) is 84.3 Å². The molecule has 1 heterocycles. The Balaban J connectivity index is 2.42. The Bertz CT molecular complexity index is 846. The van der Waals surface area contributed by atoms with Crippen molar-refractivity contribution in [3.63, 3.8) is 0 Å². The largest absolute Gasteiger partial charge is 0.462 e. The van der Waals surface area contributed by atoms with Crippen molar-refractivity contribution in [2.24, 2.45) is 16.7 Å². The molecular formula is C44H83NO4S2. The Kier molecular flexibility index (Phi) is 28.3. The first kappa shape index (κ1) is 48.5. The summed E-state index contributed by atoms with van der Waals surface area (Å²) in [6.45, 7) is 14.9. The van der Waals surface area contributed by atoms with Crippen LogP contribution < -0.4 is 0 Å². The fourth-order valence-electron chi connectivity index (χ4n) is 7.04. The molecule has 0 radical (unpaired) electrons. The minimum atomic E-state index is -0.284. The fraction of sp³-hybridized carbons (Fsp3) is 0.932. The van der Waals surface area contributed by atoms with E-state index in [0.717, 1.165) is 114 Å². The molecule has 300 valence electrons. The standard InChI is InChI=1S/C44H83NO4S2/c1-8-10-12-14-16-18-26-36-50-41(47)43(3,4)32-24-20-22-28-39(49-40(46)38-30-34-45(7)35-31-38)29-23-21-25-33-44(5,6)42(48)51-37-27-19-17-15-13-11-9-2/h38-39H,8-37H2,1-7H3. The van der Waals surface area contributed by atoms with E-state index in [1.807, 2.05) is 0 Å². The molecule has 5 nitrogen and oxygen atoms in total. The quantitative estimate of drug-likeness (QED) is 0.0500. The maximum Gasteiger partial charge on any atom is 0.309 e. The van der Waals surface area contributed by atoms with Crippen LogP contribution in [-0.2, 0) is 19.1 Å². The molecule has 0 saturated carbocycles. The van der Waals surface area contributed by atoms with Gasteiger partial charge in [0.25, 0.3) is 0 Å². The van der Waals surface area contributed by atoms with Gasteiger partial charge in [-0.3, -0.25) is 14.4 Å². The lowest BCUT2D eigenvalue weighted by Crippen LogP contribution is -2.35.